The monoisotopic (exact) mass is 334 g/mol. The molecule has 0 spiro atoms. The van der Waals surface area contributed by atoms with Crippen molar-refractivity contribution in [1.29, 1.82) is 0 Å². The van der Waals surface area contributed by atoms with Crippen molar-refractivity contribution < 1.29 is 22.4 Å². The molecule has 118 valence electrons. The van der Waals surface area contributed by atoms with Crippen LogP contribution in [0.4, 0.5) is 17.6 Å². The van der Waals surface area contributed by atoms with Gasteiger partial charge in [0.15, 0.2) is 0 Å². The van der Waals surface area contributed by atoms with Gasteiger partial charge in [-0.2, -0.15) is 18.3 Å². The molecule has 2 aromatic rings. The van der Waals surface area contributed by atoms with E-state index >= 15 is 0 Å². The summed E-state index contributed by atoms with van der Waals surface area (Å²) in [7, 11) is 0. The van der Waals surface area contributed by atoms with E-state index in [0.717, 1.165) is 10.7 Å². The molecule has 0 unspecified atom stereocenters. The molecule has 0 amide bonds. The molecule has 0 bridgehead atoms. The Labute approximate surface area is 128 Å². The van der Waals surface area contributed by atoms with Crippen LogP contribution in [0.25, 0.3) is 11.3 Å². The Morgan fingerprint density at radius 3 is 2.41 bits per heavy atom. The average molecular weight is 335 g/mol. The Bertz CT molecular complexity index is 702. The summed E-state index contributed by atoms with van der Waals surface area (Å²) in [4.78, 5) is 11.0. The Morgan fingerprint density at radius 1 is 1.27 bits per heavy atom. The molecule has 1 heterocycles. The molecule has 1 aromatic carbocycles. The van der Waals surface area contributed by atoms with Crippen LogP contribution < -0.4 is 0 Å². The molecule has 1 aromatic heterocycles. The van der Waals surface area contributed by atoms with Gasteiger partial charge in [-0.3, -0.25) is 4.68 Å². The Balaban J connectivity index is 2.78. The van der Waals surface area contributed by atoms with Gasteiger partial charge in [-0.05, 0) is 26.0 Å². The van der Waals surface area contributed by atoms with Crippen LogP contribution >= 0.6 is 11.6 Å². The molecular formula is C14H11ClF4N2O. The van der Waals surface area contributed by atoms with Crippen LogP contribution in [-0.4, -0.2) is 16.1 Å². The van der Waals surface area contributed by atoms with Gasteiger partial charge in [0.25, 0.3) is 0 Å². The first-order valence-corrected chi connectivity index (χ1v) is 6.54. The Kier molecular flexibility index (Phi) is 4.04. The van der Waals surface area contributed by atoms with Crippen LogP contribution in [0.3, 0.4) is 0 Å². The highest BCUT2D eigenvalue weighted by atomic mass is 35.5. The predicted molar refractivity (Wildman–Crippen MR) is 73.0 cm³/mol. The van der Waals surface area contributed by atoms with E-state index in [0.29, 0.717) is 12.5 Å². The van der Waals surface area contributed by atoms with Crippen molar-refractivity contribution in [3.8, 4) is 11.3 Å². The summed E-state index contributed by atoms with van der Waals surface area (Å²) in [6.07, 6.45) is -3.64. The third kappa shape index (κ3) is 2.85. The zero-order chi connectivity index (χ0) is 16.7. The van der Waals surface area contributed by atoms with Gasteiger partial charge in [0.05, 0.1) is 10.6 Å². The molecular weight excluding hydrogens is 324 g/mol. The molecule has 0 fully saturated rings. The SMILES string of the molecule is CC(C)(C=O)n1cc(C(F)(F)F)c(-c2c(F)cccc2Cl)n1. The first kappa shape index (κ1) is 16.5. The molecule has 2 rings (SSSR count). The largest absolute Gasteiger partial charge is 0.420 e. The first-order chi connectivity index (χ1) is 10.1. The lowest BCUT2D eigenvalue weighted by molar-refractivity contribution is -0.137. The number of halogens is 5. The highest BCUT2D eigenvalue weighted by Gasteiger charge is 2.39. The standard InChI is InChI=1S/C14H11ClF4N2O/c1-13(2,7-22)21-6-8(14(17,18)19)12(20-21)11-9(15)4-3-5-10(11)16/h3-7H,1-2H3. The summed E-state index contributed by atoms with van der Waals surface area (Å²) in [5.74, 6) is -0.924. The zero-order valence-electron chi connectivity index (χ0n) is 11.6. The summed E-state index contributed by atoms with van der Waals surface area (Å²) in [6, 6.07) is 3.54. The van der Waals surface area contributed by atoms with Crippen LogP contribution in [0, 0.1) is 5.82 Å². The molecule has 3 nitrogen and oxygen atoms in total. The highest BCUT2D eigenvalue weighted by molar-refractivity contribution is 6.33. The van der Waals surface area contributed by atoms with Gasteiger partial charge in [-0.25, -0.2) is 4.39 Å². The van der Waals surface area contributed by atoms with Crippen LogP contribution in [-0.2, 0) is 16.5 Å². The summed E-state index contributed by atoms with van der Waals surface area (Å²) >= 11 is 5.82. The Morgan fingerprint density at radius 2 is 1.91 bits per heavy atom. The number of carbonyl (C=O) groups is 1. The lowest BCUT2D eigenvalue weighted by atomic mass is 10.1. The number of nitrogens with zero attached hydrogens (tertiary/aromatic N) is 2. The number of hydrogen-bond donors (Lipinski definition) is 0. The lowest BCUT2D eigenvalue weighted by Crippen LogP contribution is -2.28. The van der Waals surface area contributed by atoms with Gasteiger partial charge in [0.1, 0.15) is 28.9 Å². The van der Waals surface area contributed by atoms with E-state index < -0.39 is 34.4 Å². The number of aromatic nitrogens is 2. The number of benzene rings is 1. The fourth-order valence-corrected chi connectivity index (χ4v) is 2.09. The minimum absolute atomic E-state index is 0.195. The van der Waals surface area contributed by atoms with E-state index in [9.17, 15) is 22.4 Å². The second kappa shape index (κ2) is 5.39. The topological polar surface area (TPSA) is 34.9 Å². The van der Waals surface area contributed by atoms with Crippen LogP contribution in [0.15, 0.2) is 24.4 Å². The van der Waals surface area contributed by atoms with E-state index in [4.69, 9.17) is 11.6 Å². The van der Waals surface area contributed by atoms with Crippen LogP contribution in [0.2, 0.25) is 5.02 Å². The molecule has 0 aliphatic heterocycles. The highest BCUT2D eigenvalue weighted by Crippen LogP contribution is 2.40. The lowest BCUT2D eigenvalue weighted by Gasteiger charge is -2.17. The van der Waals surface area contributed by atoms with E-state index in [1.54, 1.807) is 0 Å². The smallest absolute Gasteiger partial charge is 0.301 e. The molecule has 0 radical (unpaired) electrons. The minimum Gasteiger partial charge on any atom is -0.301 e. The van der Waals surface area contributed by atoms with E-state index in [1.807, 2.05) is 0 Å². The summed E-state index contributed by atoms with van der Waals surface area (Å²) < 4.78 is 54.4. The number of aldehydes is 1. The van der Waals surface area contributed by atoms with Gasteiger partial charge in [-0.15, -0.1) is 0 Å². The minimum atomic E-state index is -4.77. The summed E-state index contributed by atoms with van der Waals surface area (Å²) in [5, 5.41) is 3.56. The van der Waals surface area contributed by atoms with Crippen LogP contribution in [0.1, 0.15) is 19.4 Å². The molecule has 0 N–H and O–H groups in total. The van der Waals surface area contributed by atoms with Crippen molar-refractivity contribution in [3.05, 3.63) is 40.8 Å². The third-order valence-corrected chi connectivity index (χ3v) is 3.41. The van der Waals surface area contributed by atoms with Gasteiger partial charge in [0.2, 0.25) is 0 Å². The predicted octanol–water partition coefficient (Wildman–Crippen LogP) is 4.30. The molecule has 0 aliphatic rings. The molecule has 0 atom stereocenters. The van der Waals surface area contributed by atoms with Crippen molar-refractivity contribution in [2.24, 2.45) is 0 Å². The van der Waals surface area contributed by atoms with E-state index in [1.165, 1.54) is 26.0 Å². The average Bonchev–Trinajstić information content (AvgIpc) is 2.84. The second-order valence-corrected chi connectivity index (χ2v) is 5.61. The Hall–Kier alpha value is -1.89. The van der Waals surface area contributed by atoms with Crippen molar-refractivity contribution in [1.82, 2.24) is 9.78 Å². The number of carbonyl (C=O) groups excluding carboxylic acids is 1. The molecule has 22 heavy (non-hydrogen) atoms. The quantitative estimate of drug-likeness (QED) is 0.620. The maximum atomic E-state index is 13.9. The fourth-order valence-electron chi connectivity index (χ4n) is 1.84. The van der Waals surface area contributed by atoms with Gasteiger partial charge < -0.3 is 4.79 Å². The molecule has 0 saturated carbocycles. The maximum absolute atomic E-state index is 13.9. The fraction of sp³-hybridized carbons (Fsp3) is 0.286. The first-order valence-electron chi connectivity index (χ1n) is 6.16. The summed E-state index contributed by atoms with van der Waals surface area (Å²) in [5.41, 5.74) is -3.56. The zero-order valence-corrected chi connectivity index (χ0v) is 12.3. The number of hydrogen-bond acceptors (Lipinski definition) is 2. The van der Waals surface area contributed by atoms with Crippen molar-refractivity contribution >= 4 is 17.9 Å². The molecule has 0 aliphatic carbocycles. The van der Waals surface area contributed by atoms with Gasteiger partial charge >= 0.3 is 6.18 Å². The van der Waals surface area contributed by atoms with E-state index in [-0.39, 0.29) is 5.02 Å². The number of alkyl halides is 3. The normalized spacial score (nSPS) is 12.5. The molecule has 0 saturated heterocycles. The second-order valence-electron chi connectivity index (χ2n) is 5.20. The van der Waals surface area contributed by atoms with Crippen molar-refractivity contribution in [3.63, 3.8) is 0 Å². The molecule has 8 heteroatoms. The van der Waals surface area contributed by atoms with Crippen molar-refractivity contribution in [2.45, 2.75) is 25.6 Å². The number of rotatable bonds is 3. The van der Waals surface area contributed by atoms with Gasteiger partial charge in [-0.1, -0.05) is 17.7 Å². The van der Waals surface area contributed by atoms with Crippen LogP contribution in [0.5, 0.6) is 0 Å². The maximum Gasteiger partial charge on any atom is 0.420 e. The van der Waals surface area contributed by atoms with E-state index in [2.05, 4.69) is 5.10 Å². The summed E-state index contributed by atoms with van der Waals surface area (Å²) in [6.45, 7) is 2.78. The van der Waals surface area contributed by atoms with Crippen molar-refractivity contribution in [2.75, 3.05) is 0 Å². The van der Waals surface area contributed by atoms with Gasteiger partial charge in [0, 0.05) is 6.20 Å². The third-order valence-electron chi connectivity index (χ3n) is 3.10.